The molecule has 0 aliphatic rings. The Bertz CT molecular complexity index is 280. The quantitative estimate of drug-likeness (QED) is 0.747. The van der Waals surface area contributed by atoms with Gasteiger partial charge in [-0.3, -0.25) is 4.21 Å². The van der Waals surface area contributed by atoms with Crippen LogP contribution in [0.5, 0.6) is 0 Å². The smallest absolute Gasteiger partial charge is 0.0254 e. The number of rotatable bonds is 4. The van der Waals surface area contributed by atoms with Crippen molar-refractivity contribution >= 4 is 9.93 Å². The first-order chi connectivity index (χ1) is 6.77. The van der Waals surface area contributed by atoms with Gasteiger partial charge in [0.15, 0.2) is 0 Å². The predicted octanol–water partition coefficient (Wildman–Crippen LogP) is 3.89. The van der Waals surface area contributed by atoms with Gasteiger partial charge in [0.1, 0.15) is 0 Å². The normalized spacial score (nSPS) is 19.3. The summed E-state index contributed by atoms with van der Waals surface area (Å²) in [6.07, 6.45) is 5.98. The average Bonchev–Trinajstić information content (AvgIpc) is 1.95. The molecule has 0 saturated heterocycles. The second kappa shape index (κ2) is 4.44. The predicted molar refractivity (Wildman–Crippen MR) is 77.9 cm³/mol. The van der Waals surface area contributed by atoms with Crippen molar-refractivity contribution in [2.45, 2.75) is 66.1 Å². The third kappa shape index (κ3) is 3.32. The summed E-state index contributed by atoms with van der Waals surface area (Å²) in [6, 6.07) is 0. The topological polar surface area (TPSA) is 17.1 Å². The van der Waals surface area contributed by atoms with Gasteiger partial charge >= 0.3 is 0 Å². The van der Waals surface area contributed by atoms with Gasteiger partial charge in [-0.2, -0.15) is 0 Å². The summed E-state index contributed by atoms with van der Waals surface area (Å²) in [5.41, 5.74) is 0.397. The molecular weight excluding hydrogens is 216 g/mol. The number of hydrogen-bond acceptors (Lipinski definition) is 1. The lowest BCUT2D eigenvalue weighted by molar-refractivity contribution is 0.156. The van der Waals surface area contributed by atoms with Gasteiger partial charge in [0.05, 0.1) is 0 Å². The van der Waals surface area contributed by atoms with Crippen molar-refractivity contribution in [3.8, 4) is 0 Å². The fourth-order valence-corrected chi connectivity index (χ4v) is 5.40. The van der Waals surface area contributed by atoms with Crippen LogP contribution in [0, 0.1) is 10.8 Å². The van der Waals surface area contributed by atoms with Gasteiger partial charge in [0.2, 0.25) is 0 Å². The van der Waals surface area contributed by atoms with Crippen molar-refractivity contribution in [1.82, 2.24) is 0 Å². The van der Waals surface area contributed by atoms with Gasteiger partial charge in [0.25, 0.3) is 0 Å². The molecule has 0 aliphatic heterocycles. The minimum Gasteiger partial charge on any atom is -0.285 e. The molecule has 0 amide bonds. The SMILES string of the molecule is CCC(C)(C(C)(C)CC(C)(C)C)[SH](C)(C)=O. The van der Waals surface area contributed by atoms with E-state index in [1.54, 1.807) is 0 Å². The molecule has 2 heteroatoms. The van der Waals surface area contributed by atoms with E-state index in [0.29, 0.717) is 0 Å². The Balaban J connectivity index is 5.33. The van der Waals surface area contributed by atoms with Gasteiger partial charge in [-0.15, -0.1) is 9.93 Å². The molecule has 0 fully saturated rings. The third-order valence-electron chi connectivity index (χ3n) is 4.31. The molecule has 0 rings (SSSR count). The van der Waals surface area contributed by atoms with Gasteiger partial charge in [-0.05, 0) is 43.1 Å². The molecule has 1 atom stereocenters. The van der Waals surface area contributed by atoms with E-state index in [9.17, 15) is 4.21 Å². The highest BCUT2D eigenvalue weighted by Crippen LogP contribution is 2.48. The number of hydrogen-bond donors (Lipinski definition) is 1. The van der Waals surface area contributed by atoms with Gasteiger partial charge in [0, 0.05) is 4.75 Å². The summed E-state index contributed by atoms with van der Waals surface area (Å²) >= 11 is 0. The summed E-state index contributed by atoms with van der Waals surface area (Å²) in [4.78, 5) is 0. The Morgan fingerprint density at radius 2 is 1.31 bits per heavy atom. The minimum atomic E-state index is -2.10. The molecule has 0 aromatic carbocycles. The van der Waals surface area contributed by atoms with Crippen molar-refractivity contribution in [3.05, 3.63) is 0 Å². The molecule has 0 aromatic heterocycles. The van der Waals surface area contributed by atoms with E-state index in [1.807, 2.05) is 12.5 Å². The molecule has 0 radical (unpaired) electrons. The summed E-state index contributed by atoms with van der Waals surface area (Å²) < 4.78 is 12.5. The molecule has 0 aromatic rings. The van der Waals surface area contributed by atoms with E-state index < -0.39 is 9.93 Å². The number of thiol groups is 1. The van der Waals surface area contributed by atoms with Crippen LogP contribution in [0.2, 0.25) is 0 Å². The van der Waals surface area contributed by atoms with E-state index in [4.69, 9.17) is 0 Å². The van der Waals surface area contributed by atoms with Crippen LogP contribution in [0.15, 0.2) is 0 Å². The lowest BCUT2D eigenvalue weighted by Gasteiger charge is -2.51. The largest absolute Gasteiger partial charge is 0.285 e. The van der Waals surface area contributed by atoms with Gasteiger partial charge < -0.3 is 0 Å². The lowest BCUT2D eigenvalue weighted by Crippen LogP contribution is -2.52. The van der Waals surface area contributed by atoms with Crippen LogP contribution in [0.3, 0.4) is 0 Å². The maximum absolute atomic E-state index is 12.6. The Hall–Kier alpha value is 0.150. The summed E-state index contributed by atoms with van der Waals surface area (Å²) in [5.74, 6) is 0. The van der Waals surface area contributed by atoms with Crippen LogP contribution in [-0.4, -0.2) is 21.5 Å². The zero-order valence-corrected chi connectivity index (χ0v) is 13.7. The average molecular weight is 248 g/mol. The van der Waals surface area contributed by atoms with Crippen molar-refractivity contribution < 1.29 is 4.21 Å². The van der Waals surface area contributed by atoms with E-state index in [1.165, 1.54) is 0 Å². The molecule has 1 unspecified atom stereocenters. The zero-order chi connectivity index (χ0) is 13.4. The summed E-state index contributed by atoms with van der Waals surface area (Å²) in [7, 11) is -2.10. The van der Waals surface area contributed by atoms with Crippen LogP contribution in [-0.2, 0) is 9.93 Å². The van der Waals surface area contributed by atoms with E-state index in [-0.39, 0.29) is 15.6 Å². The summed E-state index contributed by atoms with van der Waals surface area (Å²) in [6.45, 7) is 15.7. The van der Waals surface area contributed by atoms with Crippen molar-refractivity contribution in [2.24, 2.45) is 10.8 Å². The highest BCUT2D eigenvalue weighted by Gasteiger charge is 2.46. The molecule has 0 spiro atoms. The highest BCUT2D eigenvalue weighted by atomic mass is 32.2. The highest BCUT2D eigenvalue weighted by molar-refractivity contribution is 8.03. The molecule has 0 heterocycles. The van der Waals surface area contributed by atoms with Crippen LogP contribution in [0.1, 0.15) is 61.3 Å². The minimum absolute atomic E-state index is 0.0622. The second-order valence-electron chi connectivity index (χ2n) is 7.60. The Kier molecular flexibility index (Phi) is 4.48. The van der Waals surface area contributed by atoms with E-state index in [2.05, 4.69) is 48.5 Å². The maximum atomic E-state index is 12.6. The fourth-order valence-electron chi connectivity index (χ4n) is 3.10. The van der Waals surface area contributed by atoms with Crippen LogP contribution >= 0.6 is 0 Å². The van der Waals surface area contributed by atoms with Gasteiger partial charge in [-0.25, -0.2) is 0 Å². The lowest BCUT2D eigenvalue weighted by atomic mass is 9.68. The monoisotopic (exact) mass is 248 g/mol. The van der Waals surface area contributed by atoms with Crippen molar-refractivity contribution in [2.75, 3.05) is 12.5 Å². The van der Waals surface area contributed by atoms with E-state index in [0.717, 1.165) is 12.8 Å². The molecule has 0 N–H and O–H groups in total. The maximum Gasteiger partial charge on any atom is 0.0254 e. The Morgan fingerprint density at radius 3 is 1.50 bits per heavy atom. The fraction of sp³-hybridized carbons (Fsp3) is 1.00. The summed E-state index contributed by atoms with van der Waals surface area (Å²) in [5, 5.41) is 0. The van der Waals surface area contributed by atoms with Crippen molar-refractivity contribution in [1.29, 1.82) is 0 Å². The molecule has 0 saturated carbocycles. The van der Waals surface area contributed by atoms with Crippen LogP contribution in [0.25, 0.3) is 0 Å². The first kappa shape index (κ1) is 16.1. The molecule has 0 bridgehead atoms. The first-order valence-corrected chi connectivity index (χ1v) is 8.92. The second-order valence-corrected chi connectivity index (χ2v) is 11.3. The molecular formula is C14H32OS. The Labute approximate surface area is 104 Å². The van der Waals surface area contributed by atoms with Crippen LogP contribution in [0.4, 0.5) is 0 Å². The first-order valence-electron chi connectivity index (χ1n) is 6.32. The van der Waals surface area contributed by atoms with Crippen LogP contribution < -0.4 is 0 Å². The molecule has 0 aliphatic carbocycles. The van der Waals surface area contributed by atoms with E-state index >= 15 is 0 Å². The molecule has 16 heavy (non-hydrogen) atoms. The van der Waals surface area contributed by atoms with Crippen molar-refractivity contribution in [3.63, 3.8) is 0 Å². The Morgan fingerprint density at radius 1 is 0.938 bits per heavy atom. The zero-order valence-electron chi connectivity index (χ0n) is 12.8. The van der Waals surface area contributed by atoms with Gasteiger partial charge in [-0.1, -0.05) is 41.5 Å². The third-order valence-corrected chi connectivity index (χ3v) is 7.61. The molecule has 100 valence electrons. The standard InChI is InChI=1S/C14H32OS/c1-10-14(7,16(8,9)15)13(5,6)11-12(2,3)4/h16H,10-11H2,1-9H3. The molecule has 1 nitrogen and oxygen atoms in total.